The van der Waals surface area contributed by atoms with Crippen molar-refractivity contribution >= 4 is 5.97 Å². The minimum Gasteiger partial charge on any atom is -0.481 e. The number of carboxylic acids is 1. The molecule has 0 spiro atoms. The topological polar surface area (TPSA) is 46.5 Å². The molecule has 0 bridgehead atoms. The predicted octanol–water partition coefficient (Wildman–Crippen LogP) is 1.89. The van der Waals surface area contributed by atoms with Crippen molar-refractivity contribution in [2.75, 3.05) is 13.2 Å². The number of hydrogen-bond acceptors (Lipinski definition) is 2. The number of ether oxygens (including phenoxy) is 1. The van der Waals surface area contributed by atoms with Crippen LogP contribution in [-0.4, -0.2) is 24.3 Å². The fourth-order valence-corrected chi connectivity index (χ4v) is 2.05. The molecule has 0 saturated carbocycles. The Kier molecular flexibility index (Phi) is 3.57. The average molecular weight is 220 g/mol. The van der Waals surface area contributed by atoms with Crippen LogP contribution in [0.4, 0.5) is 0 Å². The van der Waals surface area contributed by atoms with Crippen LogP contribution in [0.2, 0.25) is 0 Å². The molecule has 1 aromatic carbocycles. The molecule has 0 aliphatic carbocycles. The molecule has 1 saturated heterocycles. The molecule has 1 atom stereocenters. The van der Waals surface area contributed by atoms with Gasteiger partial charge in [-0.3, -0.25) is 4.79 Å². The third kappa shape index (κ3) is 3.07. The van der Waals surface area contributed by atoms with E-state index in [1.807, 2.05) is 24.3 Å². The molecule has 1 fully saturated rings. The molecule has 0 amide bonds. The van der Waals surface area contributed by atoms with Crippen molar-refractivity contribution in [1.29, 1.82) is 0 Å². The molecule has 86 valence electrons. The molecular formula is C13H16O3. The fraction of sp³-hybridized carbons (Fsp3) is 0.462. The van der Waals surface area contributed by atoms with Crippen LogP contribution in [0.3, 0.4) is 0 Å². The second-order valence-electron chi connectivity index (χ2n) is 4.32. The molecule has 2 rings (SSSR count). The summed E-state index contributed by atoms with van der Waals surface area (Å²) in [5.41, 5.74) is 2.13. The van der Waals surface area contributed by atoms with Crippen LogP contribution in [0.15, 0.2) is 24.3 Å². The number of rotatable bonds is 4. The van der Waals surface area contributed by atoms with E-state index < -0.39 is 5.97 Å². The number of carbonyl (C=O) groups is 1. The van der Waals surface area contributed by atoms with Gasteiger partial charge < -0.3 is 9.84 Å². The maximum absolute atomic E-state index is 10.5. The first-order valence-corrected chi connectivity index (χ1v) is 5.61. The molecule has 16 heavy (non-hydrogen) atoms. The lowest BCUT2D eigenvalue weighted by Crippen LogP contribution is -2.04. The molecule has 1 aromatic rings. The van der Waals surface area contributed by atoms with Gasteiger partial charge >= 0.3 is 5.97 Å². The zero-order valence-corrected chi connectivity index (χ0v) is 9.19. The summed E-state index contributed by atoms with van der Waals surface area (Å²) in [6.45, 7) is 1.73. The first-order chi connectivity index (χ1) is 7.74. The van der Waals surface area contributed by atoms with E-state index in [2.05, 4.69) is 0 Å². The van der Waals surface area contributed by atoms with E-state index in [4.69, 9.17) is 9.84 Å². The first-order valence-electron chi connectivity index (χ1n) is 5.61. The molecule has 0 radical (unpaired) electrons. The van der Waals surface area contributed by atoms with E-state index in [9.17, 15) is 4.79 Å². The number of aliphatic carboxylic acids is 1. The lowest BCUT2D eigenvalue weighted by Gasteiger charge is -2.07. The highest BCUT2D eigenvalue weighted by atomic mass is 16.5. The van der Waals surface area contributed by atoms with Crippen molar-refractivity contribution in [3.05, 3.63) is 35.4 Å². The van der Waals surface area contributed by atoms with Gasteiger partial charge in [-0.2, -0.15) is 0 Å². The highest BCUT2D eigenvalue weighted by molar-refractivity contribution is 5.70. The van der Waals surface area contributed by atoms with Gasteiger partial charge in [0.25, 0.3) is 0 Å². The fourth-order valence-electron chi connectivity index (χ4n) is 2.05. The Balaban J connectivity index is 1.93. The highest BCUT2D eigenvalue weighted by Crippen LogP contribution is 2.18. The summed E-state index contributed by atoms with van der Waals surface area (Å²) in [7, 11) is 0. The lowest BCUT2D eigenvalue weighted by atomic mass is 9.97. The van der Waals surface area contributed by atoms with Crippen molar-refractivity contribution in [2.45, 2.75) is 19.3 Å². The van der Waals surface area contributed by atoms with Crippen molar-refractivity contribution in [2.24, 2.45) is 5.92 Å². The summed E-state index contributed by atoms with van der Waals surface area (Å²) in [5.74, 6) is -0.151. The van der Waals surface area contributed by atoms with E-state index in [1.54, 1.807) is 0 Å². The van der Waals surface area contributed by atoms with Crippen molar-refractivity contribution in [1.82, 2.24) is 0 Å². The van der Waals surface area contributed by atoms with Crippen LogP contribution >= 0.6 is 0 Å². The molecule has 3 nitrogen and oxygen atoms in total. The molecule has 1 aliphatic heterocycles. The van der Waals surface area contributed by atoms with E-state index in [-0.39, 0.29) is 6.42 Å². The summed E-state index contributed by atoms with van der Waals surface area (Å²) >= 11 is 0. The lowest BCUT2D eigenvalue weighted by molar-refractivity contribution is -0.136. The third-order valence-electron chi connectivity index (χ3n) is 2.93. The van der Waals surface area contributed by atoms with E-state index in [1.165, 1.54) is 5.56 Å². The van der Waals surface area contributed by atoms with Gasteiger partial charge in [-0.05, 0) is 29.9 Å². The van der Waals surface area contributed by atoms with Crippen LogP contribution in [0.25, 0.3) is 0 Å². The number of benzene rings is 1. The molecule has 3 heteroatoms. The second-order valence-corrected chi connectivity index (χ2v) is 4.32. The molecule has 1 aliphatic rings. The minimum absolute atomic E-state index is 0.104. The van der Waals surface area contributed by atoms with Gasteiger partial charge in [0.2, 0.25) is 0 Å². The van der Waals surface area contributed by atoms with Crippen molar-refractivity contribution in [3.63, 3.8) is 0 Å². The summed E-state index contributed by atoms with van der Waals surface area (Å²) in [6.07, 6.45) is 2.27. The SMILES string of the molecule is O=C(O)Cc1ccc(CC2CCOC2)cc1. The van der Waals surface area contributed by atoms with Crippen LogP contribution in [0.1, 0.15) is 17.5 Å². The van der Waals surface area contributed by atoms with Crippen LogP contribution in [-0.2, 0) is 22.4 Å². The van der Waals surface area contributed by atoms with E-state index in [0.717, 1.165) is 31.6 Å². The number of carboxylic acid groups (broad SMARTS) is 1. The van der Waals surface area contributed by atoms with E-state index >= 15 is 0 Å². The Morgan fingerprint density at radius 3 is 2.56 bits per heavy atom. The van der Waals surface area contributed by atoms with Crippen molar-refractivity contribution in [3.8, 4) is 0 Å². The molecule has 1 unspecified atom stereocenters. The van der Waals surface area contributed by atoms with Gasteiger partial charge in [0.1, 0.15) is 0 Å². The zero-order chi connectivity index (χ0) is 11.4. The summed E-state index contributed by atoms with van der Waals surface area (Å²) in [4.78, 5) is 10.5. The second kappa shape index (κ2) is 5.12. The molecule has 1 N–H and O–H groups in total. The quantitative estimate of drug-likeness (QED) is 0.842. The Morgan fingerprint density at radius 1 is 1.31 bits per heavy atom. The Labute approximate surface area is 95.0 Å². The van der Waals surface area contributed by atoms with Gasteiger partial charge in [0, 0.05) is 13.2 Å². The smallest absolute Gasteiger partial charge is 0.307 e. The van der Waals surface area contributed by atoms with Gasteiger partial charge in [-0.15, -0.1) is 0 Å². The van der Waals surface area contributed by atoms with Gasteiger partial charge in [0.15, 0.2) is 0 Å². The first kappa shape index (κ1) is 11.1. The monoisotopic (exact) mass is 220 g/mol. The third-order valence-corrected chi connectivity index (χ3v) is 2.93. The van der Waals surface area contributed by atoms with Gasteiger partial charge in [-0.25, -0.2) is 0 Å². The Morgan fingerprint density at radius 2 is 2.00 bits per heavy atom. The highest BCUT2D eigenvalue weighted by Gasteiger charge is 2.15. The summed E-state index contributed by atoms with van der Waals surface area (Å²) in [5, 5.41) is 8.65. The van der Waals surface area contributed by atoms with Crippen LogP contribution < -0.4 is 0 Å². The summed E-state index contributed by atoms with van der Waals surface area (Å²) < 4.78 is 5.33. The van der Waals surface area contributed by atoms with Gasteiger partial charge in [-0.1, -0.05) is 24.3 Å². The van der Waals surface area contributed by atoms with Crippen LogP contribution in [0, 0.1) is 5.92 Å². The average Bonchev–Trinajstić information content (AvgIpc) is 2.73. The summed E-state index contributed by atoms with van der Waals surface area (Å²) in [6, 6.07) is 7.85. The molecular weight excluding hydrogens is 204 g/mol. The Bertz CT molecular complexity index is 350. The van der Waals surface area contributed by atoms with Crippen molar-refractivity contribution < 1.29 is 14.6 Å². The maximum atomic E-state index is 10.5. The normalized spacial score (nSPS) is 19.9. The Hall–Kier alpha value is -1.35. The largest absolute Gasteiger partial charge is 0.481 e. The standard InChI is InChI=1S/C13H16O3/c14-13(15)8-11-3-1-10(2-4-11)7-12-5-6-16-9-12/h1-4,12H,5-9H2,(H,14,15). The molecule has 1 heterocycles. The minimum atomic E-state index is -0.781. The van der Waals surface area contributed by atoms with Gasteiger partial charge in [0.05, 0.1) is 6.42 Å². The number of hydrogen-bond donors (Lipinski definition) is 1. The van der Waals surface area contributed by atoms with E-state index in [0.29, 0.717) is 5.92 Å². The van der Waals surface area contributed by atoms with Crippen LogP contribution in [0.5, 0.6) is 0 Å². The maximum Gasteiger partial charge on any atom is 0.307 e. The predicted molar refractivity (Wildman–Crippen MR) is 60.4 cm³/mol. The molecule has 0 aromatic heterocycles. The zero-order valence-electron chi connectivity index (χ0n) is 9.19.